The van der Waals surface area contributed by atoms with Crippen LogP contribution in [0.25, 0.3) is 0 Å². The van der Waals surface area contributed by atoms with E-state index in [4.69, 9.17) is 9.47 Å². The van der Waals surface area contributed by atoms with Gasteiger partial charge in [-0.3, -0.25) is 0 Å². The van der Waals surface area contributed by atoms with Gasteiger partial charge < -0.3 is 29.1 Å². The second-order valence-electron chi connectivity index (χ2n) is 17.8. The van der Waals surface area contributed by atoms with Gasteiger partial charge in [0.1, 0.15) is 0 Å². The monoisotopic (exact) mass is 623 g/mol. The van der Waals surface area contributed by atoms with E-state index in [2.05, 4.69) is 88.8 Å². The molecule has 0 N–H and O–H groups in total. The predicted molar refractivity (Wildman–Crippen MR) is 191 cm³/mol. The number of hydrogen-bond donors (Lipinski definition) is 0. The predicted octanol–water partition coefficient (Wildman–Crippen LogP) is 7.81. The van der Waals surface area contributed by atoms with Crippen LogP contribution in [0.3, 0.4) is 0 Å². The van der Waals surface area contributed by atoms with Crippen LogP contribution >= 0.6 is 0 Å². The Kier molecular flexibility index (Phi) is 17.7. The first kappa shape index (κ1) is 39.9. The molecule has 0 spiro atoms. The van der Waals surface area contributed by atoms with Crippen molar-refractivity contribution in [2.45, 2.75) is 145 Å². The van der Waals surface area contributed by atoms with Crippen molar-refractivity contribution < 1.29 is 9.47 Å². The zero-order valence-electron chi connectivity index (χ0n) is 31.6. The lowest BCUT2D eigenvalue weighted by molar-refractivity contribution is -0.0333. The number of piperazine rings is 2. The molecule has 2 aliphatic heterocycles. The molecule has 6 nitrogen and oxygen atoms in total. The van der Waals surface area contributed by atoms with E-state index < -0.39 is 0 Å². The Hall–Kier alpha value is -0.240. The molecule has 0 saturated carbocycles. The van der Waals surface area contributed by atoms with Crippen molar-refractivity contribution in [3.8, 4) is 0 Å². The summed E-state index contributed by atoms with van der Waals surface area (Å²) in [6.45, 7) is 39.6. The molecule has 0 radical (unpaired) electrons. The molecular weight excluding hydrogens is 544 g/mol. The van der Waals surface area contributed by atoms with E-state index in [-0.39, 0.29) is 11.2 Å². The molecule has 0 unspecified atom stereocenters. The summed E-state index contributed by atoms with van der Waals surface area (Å²) in [4.78, 5) is 10.6. The lowest BCUT2D eigenvalue weighted by Gasteiger charge is -2.36. The standard InChI is InChI=1S/C38H78N4O2/c1-35(2,3)17-11-12-21-39-25-27-40(28-26-39)22-13-14-33-44-38(9,10)20-19-37(7,8)18-15-23-41-29-31-42(32-30-41)24-16-34-43-36(4,5)6/h11-34H2,1-10H3. The van der Waals surface area contributed by atoms with Crippen molar-refractivity contribution in [3.63, 3.8) is 0 Å². The molecule has 2 fully saturated rings. The third kappa shape index (κ3) is 20.1. The van der Waals surface area contributed by atoms with Crippen LogP contribution in [0.4, 0.5) is 0 Å². The minimum Gasteiger partial charge on any atom is -0.376 e. The first-order chi connectivity index (χ1) is 20.5. The van der Waals surface area contributed by atoms with E-state index in [0.29, 0.717) is 10.8 Å². The summed E-state index contributed by atoms with van der Waals surface area (Å²) in [7, 11) is 0. The van der Waals surface area contributed by atoms with Gasteiger partial charge in [0, 0.05) is 72.1 Å². The van der Waals surface area contributed by atoms with Crippen LogP contribution in [-0.4, -0.2) is 123 Å². The van der Waals surface area contributed by atoms with Crippen LogP contribution in [-0.2, 0) is 9.47 Å². The number of unbranched alkanes of at least 4 members (excludes halogenated alkanes) is 2. The van der Waals surface area contributed by atoms with E-state index in [1.165, 1.54) is 130 Å². The largest absolute Gasteiger partial charge is 0.376 e. The first-order valence-corrected chi connectivity index (χ1v) is 18.7. The minimum absolute atomic E-state index is 0.0167. The summed E-state index contributed by atoms with van der Waals surface area (Å²) in [6.07, 6.45) is 12.6. The highest BCUT2D eigenvalue weighted by atomic mass is 16.5. The Labute approximate surface area is 275 Å². The van der Waals surface area contributed by atoms with Crippen LogP contribution in [0.2, 0.25) is 0 Å². The highest BCUT2D eigenvalue weighted by Crippen LogP contribution is 2.32. The normalized spacial score (nSPS) is 19.2. The molecule has 2 aliphatic rings. The lowest BCUT2D eigenvalue weighted by Crippen LogP contribution is -2.47. The number of hydrogen-bond acceptors (Lipinski definition) is 6. The molecule has 0 aliphatic carbocycles. The number of ether oxygens (including phenoxy) is 2. The molecule has 2 rings (SSSR count). The van der Waals surface area contributed by atoms with E-state index >= 15 is 0 Å². The second-order valence-corrected chi connectivity index (χ2v) is 17.8. The maximum atomic E-state index is 6.42. The van der Waals surface area contributed by atoms with Crippen LogP contribution in [0.1, 0.15) is 133 Å². The zero-order valence-corrected chi connectivity index (χ0v) is 31.6. The van der Waals surface area contributed by atoms with E-state index in [1.807, 2.05) is 0 Å². The molecule has 0 aromatic carbocycles. The maximum absolute atomic E-state index is 6.42. The topological polar surface area (TPSA) is 31.4 Å². The third-order valence-electron chi connectivity index (χ3n) is 9.83. The molecule has 2 saturated heterocycles. The Bertz CT molecular complexity index is 726. The number of rotatable bonds is 21. The van der Waals surface area contributed by atoms with Crippen LogP contribution < -0.4 is 0 Å². The Morgan fingerprint density at radius 1 is 0.409 bits per heavy atom. The van der Waals surface area contributed by atoms with Gasteiger partial charge in [-0.1, -0.05) is 41.0 Å². The maximum Gasteiger partial charge on any atom is 0.0626 e. The molecule has 0 aromatic rings. The average Bonchev–Trinajstić information content (AvgIpc) is 2.93. The van der Waals surface area contributed by atoms with Crippen molar-refractivity contribution in [2.24, 2.45) is 10.8 Å². The summed E-state index contributed by atoms with van der Waals surface area (Å²) in [5.41, 5.74) is 0.819. The van der Waals surface area contributed by atoms with Gasteiger partial charge in [-0.05, 0) is 123 Å². The Morgan fingerprint density at radius 2 is 0.841 bits per heavy atom. The molecule has 0 bridgehead atoms. The lowest BCUT2D eigenvalue weighted by atomic mass is 9.80. The highest BCUT2D eigenvalue weighted by molar-refractivity contribution is 4.78. The molecule has 44 heavy (non-hydrogen) atoms. The van der Waals surface area contributed by atoms with Crippen LogP contribution in [0.15, 0.2) is 0 Å². The Morgan fingerprint density at radius 3 is 1.32 bits per heavy atom. The highest BCUT2D eigenvalue weighted by Gasteiger charge is 2.26. The summed E-state index contributed by atoms with van der Waals surface area (Å²) in [5.74, 6) is 0. The first-order valence-electron chi connectivity index (χ1n) is 18.7. The molecule has 0 aromatic heterocycles. The van der Waals surface area contributed by atoms with Crippen LogP contribution in [0, 0.1) is 10.8 Å². The fourth-order valence-corrected chi connectivity index (χ4v) is 6.53. The van der Waals surface area contributed by atoms with Crippen LogP contribution in [0.5, 0.6) is 0 Å². The van der Waals surface area contributed by atoms with Crippen molar-refractivity contribution in [3.05, 3.63) is 0 Å². The van der Waals surface area contributed by atoms with Gasteiger partial charge in [-0.15, -0.1) is 0 Å². The van der Waals surface area contributed by atoms with Gasteiger partial charge in [-0.25, -0.2) is 0 Å². The van der Waals surface area contributed by atoms with Crippen molar-refractivity contribution in [1.29, 1.82) is 0 Å². The molecule has 262 valence electrons. The molecule has 0 atom stereocenters. The fraction of sp³-hybridized carbons (Fsp3) is 1.00. The quantitative estimate of drug-likeness (QED) is 0.121. The number of nitrogens with zero attached hydrogens (tertiary/aromatic N) is 4. The van der Waals surface area contributed by atoms with E-state index in [1.54, 1.807) is 0 Å². The Balaban J connectivity index is 1.47. The van der Waals surface area contributed by atoms with E-state index in [9.17, 15) is 0 Å². The second kappa shape index (κ2) is 19.5. The van der Waals surface area contributed by atoms with Gasteiger partial charge in [0.05, 0.1) is 11.2 Å². The SMILES string of the molecule is CC(C)(C)CCCCN1CCN(CCCCOC(C)(C)CCC(C)(C)CCCN2CCN(CCCOC(C)(C)C)CC2)CC1. The molecular formula is C38H78N4O2. The van der Waals surface area contributed by atoms with Crippen molar-refractivity contribution in [2.75, 3.05) is 91.8 Å². The van der Waals surface area contributed by atoms with Gasteiger partial charge in [0.15, 0.2) is 0 Å². The summed E-state index contributed by atoms with van der Waals surface area (Å²) < 4.78 is 12.3. The van der Waals surface area contributed by atoms with Gasteiger partial charge in [0.2, 0.25) is 0 Å². The molecule has 6 heteroatoms. The third-order valence-corrected chi connectivity index (χ3v) is 9.83. The summed E-state index contributed by atoms with van der Waals surface area (Å²) >= 11 is 0. The summed E-state index contributed by atoms with van der Waals surface area (Å²) in [6, 6.07) is 0. The smallest absolute Gasteiger partial charge is 0.0626 e. The average molecular weight is 623 g/mol. The van der Waals surface area contributed by atoms with Gasteiger partial charge in [0.25, 0.3) is 0 Å². The zero-order chi connectivity index (χ0) is 32.7. The fourth-order valence-electron chi connectivity index (χ4n) is 6.53. The van der Waals surface area contributed by atoms with Crippen molar-refractivity contribution >= 4 is 0 Å². The van der Waals surface area contributed by atoms with Gasteiger partial charge >= 0.3 is 0 Å². The van der Waals surface area contributed by atoms with Gasteiger partial charge in [-0.2, -0.15) is 0 Å². The molecule has 2 heterocycles. The van der Waals surface area contributed by atoms with E-state index in [0.717, 1.165) is 26.1 Å². The molecule has 0 amide bonds. The summed E-state index contributed by atoms with van der Waals surface area (Å²) in [5, 5.41) is 0. The minimum atomic E-state index is -0.0237. The van der Waals surface area contributed by atoms with Crippen molar-refractivity contribution in [1.82, 2.24) is 19.6 Å².